The minimum atomic E-state index is -0.322. The Balaban J connectivity index is 0. The number of carbonyl (C=O) groups excluding carboxylic acids is 3. The average Bonchev–Trinajstić information content (AvgIpc) is 2.34. The van der Waals surface area contributed by atoms with Gasteiger partial charge in [0.1, 0.15) is 5.78 Å². The van der Waals surface area contributed by atoms with Gasteiger partial charge in [-0.05, 0) is 39.8 Å². The molecular formula is C14H27N3O3. The van der Waals surface area contributed by atoms with E-state index in [0.717, 1.165) is 19.3 Å². The standard InChI is InChI=1S/C11H19NO2.C3H8N2O/c1-3-7-11(14)12-9-6-4-5-8-10(2)13;1-5-2-3(4)6/h3,7H,4-6,8-9H2,1-2H3,(H,12,14);5H,2H2,1H3,(H2,4,6)/b7-3+;. The number of unbranched alkanes of at least 4 members (excludes halogenated alkanes) is 2. The molecule has 20 heavy (non-hydrogen) atoms. The normalized spacial score (nSPS) is 9.75. The molecule has 6 nitrogen and oxygen atoms in total. The van der Waals surface area contributed by atoms with Crippen molar-refractivity contribution in [3.8, 4) is 0 Å². The maximum atomic E-state index is 10.9. The summed E-state index contributed by atoms with van der Waals surface area (Å²) in [6.45, 7) is 4.38. The summed E-state index contributed by atoms with van der Waals surface area (Å²) in [5.41, 5.74) is 4.70. The molecule has 2 amide bonds. The molecule has 0 aromatic heterocycles. The molecule has 0 bridgehead atoms. The number of rotatable bonds is 9. The second-order valence-corrected chi connectivity index (χ2v) is 4.30. The zero-order valence-corrected chi connectivity index (χ0v) is 12.7. The van der Waals surface area contributed by atoms with E-state index < -0.39 is 0 Å². The first kappa shape index (κ1) is 20.6. The fourth-order valence-electron chi connectivity index (χ4n) is 1.27. The number of likely N-dealkylation sites (N-methyl/N-ethyl adjacent to an activating group) is 1. The summed E-state index contributed by atoms with van der Waals surface area (Å²) in [5.74, 6) is -0.125. The molecule has 0 heterocycles. The predicted molar refractivity (Wildman–Crippen MR) is 80.1 cm³/mol. The van der Waals surface area contributed by atoms with E-state index in [0.29, 0.717) is 13.0 Å². The molecule has 0 aromatic rings. The molecule has 0 radical (unpaired) electrons. The Morgan fingerprint density at radius 2 is 1.80 bits per heavy atom. The van der Waals surface area contributed by atoms with Crippen LogP contribution in [0.4, 0.5) is 0 Å². The summed E-state index contributed by atoms with van der Waals surface area (Å²) in [5, 5.41) is 5.35. The highest BCUT2D eigenvalue weighted by atomic mass is 16.2. The average molecular weight is 285 g/mol. The zero-order valence-electron chi connectivity index (χ0n) is 12.7. The van der Waals surface area contributed by atoms with Gasteiger partial charge in [-0.25, -0.2) is 0 Å². The lowest BCUT2D eigenvalue weighted by molar-refractivity contribution is -0.118. The highest BCUT2D eigenvalue weighted by molar-refractivity contribution is 5.87. The van der Waals surface area contributed by atoms with Gasteiger partial charge in [0, 0.05) is 13.0 Å². The van der Waals surface area contributed by atoms with Gasteiger partial charge in [-0.1, -0.05) is 12.5 Å². The van der Waals surface area contributed by atoms with Crippen LogP contribution in [0.15, 0.2) is 12.2 Å². The first-order valence-corrected chi connectivity index (χ1v) is 6.76. The molecule has 0 saturated heterocycles. The molecule has 0 atom stereocenters. The van der Waals surface area contributed by atoms with Crippen LogP contribution in [0.25, 0.3) is 0 Å². The molecule has 0 aliphatic heterocycles. The summed E-state index contributed by atoms with van der Waals surface area (Å²) in [6, 6.07) is 0. The van der Waals surface area contributed by atoms with E-state index in [9.17, 15) is 14.4 Å². The minimum Gasteiger partial charge on any atom is -0.369 e. The second kappa shape index (κ2) is 15.4. The molecule has 0 aliphatic carbocycles. The molecule has 4 N–H and O–H groups in total. The van der Waals surface area contributed by atoms with Crippen LogP contribution in [-0.4, -0.2) is 37.7 Å². The van der Waals surface area contributed by atoms with E-state index in [1.165, 1.54) is 6.08 Å². The number of Topliss-reactive ketones (excluding diaryl/α,β-unsaturated/α-hetero) is 1. The zero-order chi connectivity index (χ0) is 15.8. The van der Waals surface area contributed by atoms with Crippen LogP contribution in [-0.2, 0) is 14.4 Å². The molecule has 0 fully saturated rings. The first-order valence-electron chi connectivity index (χ1n) is 6.76. The Kier molecular flexibility index (Phi) is 15.8. The van der Waals surface area contributed by atoms with Crippen molar-refractivity contribution < 1.29 is 14.4 Å². The van der Waals surface area contributed by atoms with Gasteiger partial charge < -0.3 is 21.2 Å². The van der Waals surface area contributed by atoms with Crippen molar-refractivity contribution in [3.05, 3.63) is 12.2 Å². The van der Waals surface area contributed by atoms with Crippen LogP contribution in [0.1, 0.15) is 39.5 Å². The molecule has 0 aliphatic rings. The van der Waals surface area contributed by atoms with E-state index in [4.69, 9.17) is 5.73 Å². The smallest absolute Gasteiger partial charge is 0.243 e. The Labute approximate surface area is 121 Å². The third kappa shape index (κ3) is 21.6. The van der Waals surface area contributed by atoms with Gasteiger partial charge in [0.05, 0.1) is 6.54 Å². The maximum absolute atomic E-state index is 10.9. The maximum Gasteiger partial charge on any atom is 0.243 e. The summed E-state index contributed by atoms with van der Waals surface area (Å²) in [4.78, 5) is 31.3. The molecule has 0 unspecified atom stereocenters. The Bertz CT molecular complexity index is 315. The Morgan fingerprint density at radius 3 is 2.20 bits per heavy atom. The third-order valence-electron chi connectivity index (χ3n) is 2.17. The predicted octanol–water partition coefficient (Wildman–Crippen LogP) is 0.519. The van der Waals surface area contributed by atoms with Gasteiger partial charge in [-0.2, -0.15) is 0 Å². The summed E-state index contributed by atoms with van der Waals surface area (Å²) >= 11 is 0. The molecule has 0 rings (SSSR count). The first-order chi connectivity index (χ1) is 9.43. The molecular weight excluding hydrogens is 258 g/mol. The SMILES string of the molecule is C/C=C/C(=O)NCCCCCC(C)=O.CNCC(N)=O. The summed E-state index contributed by atoms with van der Waals surface area (Å²) in [6.07, 6.45) is 6.74. The number of hydrogen-bond donors (Lipinski definition) is 3. The van der Waals surface area contributed by atoms with E-state index in [-0.39, 0.29) is 24.1 Å². The van der Waals surface area contributed by atoms with E-state index in [1.807, 2.05) is 6.92 Å². The lowest BCUT2D eigenvalue weighted by Gasteiger charge is -2.01. The number of amides is 2. The number of allylic oxidation sites excluding steroid dienone is 1. The molecule has 0 spiro atoms. The van der Waals surface area contributed by atoms with Gasteiger partial charge >= 0.3 is 0 Å². The highest BCUT2D eigenvalue weighted by Gasteiger charge is 1.95. The number of primary amides is 1. The lowest BCUT2D eigenvalue weighted by Crippen LogP contribution is -2.25. The van der Waals surface area contributed by atoms with Gasteiger partial charge in [-0.15, -0.1) is 0 Å². The highest BCUT2D eigenvalue weighted by Crippen LogP contribution is 1.99. The van der Waals surface area contributed by atoms with Gasteiger partial charge in [0.15, 0.2) is 0 Å². The number of carbonyl (C=O) groups is 3. The van der Waals surface area contributed by atoms with Crippen molar-refractivity contribution in [3.63, 3.8) is 0 Å². The molecule has 6 heteroatoms. The van der Waals surface area contributed by atoms with Crippen molar-refractivity contribution in [2.45, 2.75) is 39.5 Å². The van der Waals surface area contributed by atoms with Crippen molar-refractivity contribution in [1.29, 1.82) is 0 Å². The fraction of sp³-hybridized carbons (Fsp3) is 0.643. The molecule has 0 saturated carbocycles. The minimum absolute atomic E-state index is 0.0425. The van der Waals surface area contributed by atoms with Crippen molar-refractivity contribution >= 4 is 17.6 Å². The fourth-order valence-corrected chi connectivity index (χ4v) is 1.27. The monoisotopic (exact) mass is 285 g/mol. The molecule has 116 valence electrons. The number of ketones is 1. The quantitative estimate of drug-likeness (QED) is 0.424. The van der Waals surface area contributed by atoms with Crippen LogP contribution in [0.5, 0.6) is 0 Å². The van der Waals surface area contributed by atoms with Gasteiger partial charge in [0.2, 0.25) is 11.8 Å². The van der Waals surface area contributed by atoms with Gasteiger partial charge in [-0.3, -0.25) is 9.59 Å². The number of nitrogens with one attached hydrogen (secondary N) is 2. The Morgan fingerprint density at radius 1 is 1.15 bits per heavy atom. The van der Waals surface area contributed by atoms with Crippen molar-refractivity contribution in [2.75, 3.05) is 20.1 Å². The third-order valence-corrected chi connectivity index (χ3v) is 2.17. The van der Waals surface area contributed by atoms with Crippen LogP contribution in [0.2, 0.25) is 0 Å². The van der Waals surface area contributed by atoms with Gasteiger partial charge in [0.25, 0.3) is 0 Å². The topological polar surface area (TPSA) is 101 Å². The van der Waals surface area contributed by atoms with Crippen molar-refractivity contribution in [1.82, 2.24) is 10.6 Å². The summed E-state index contributed by atoms with van der Waals surface area (Å²) in [7, 11) is 1.67. The second-order valence-electron chi connectivity index (χ2n) is 4.30. The number of nitrogens with two attached hydrogens (primary N) is 1. The lowest BCUT2D eigenvalue weighted by atomic mass is 10.1. The van der Waals surface area contributed by atoms with E-state index in [2.05, 4.69) is 10.6 Å². The van der Waals surface area contributed by atoms with E-state index in [1.54, 1.807) is 20.0 Å². The molecule has 0 aromatic carbocycles. The van der Waals surface area contributed by atoms with Crippen LogP contribution in [0, 0.1) is 0 Å². The number of hydrogen-bond acceptors (Lipinski definition) is 4. The largest absolute Gasteiger partial charge is 0.369 e. The van der Waals surface area contributed by atoms with E-state index >= 15 is 0 Å². The van der Waals surface area contributed by atoms with Crippen molar-refractivity contribution in [2.24, 2.45) is 5.73 Å². The van der Waals surface area contributed by atoms with Crippen LogP contribution in [0.3, 0.4) is 0 Å². The Hall–Kier alpha value is -1.69. The van der Waals surface area contributed by atoms with Crippen LogP contribution >= 0.6 is 0 Å². The van der Waals surface area contributed by atoms with Crippen LogP contribution < -0.4 is 16.4 Å². The summed E-state index contributed by atoms with van der Waals surface area (Å²) < 4.78 is 0.